The third-order valence-electron chi connectivity index (χ3n) is 3.55. The molecule has 1 aromatic heterocycles. The molecule has 0 aromatic carbocycles. The molecule has 0 bridgehead atoms. The molecule has 0 spiro atoms. The summed E-state index contributed by atoms with van der Waals surface area (Å²) in [5.74, 6) is 1.96. The van der Waals surface area contributed by atoms with Gasteiger partial charge in [-0.3, -0.25) is 4.90 Å². The number of nitrogens with zero attached hydrogens (tertiary/aromatic N) is 2. The zero-order valence-corrected chi connectivity index (χ0v) is 9.92. The lowest BCUT2D eigenvalue weighted by atomic mass is 10.3. The van der Waals surface area contributed by atoms with Crippen LogP contribution in [0.25, 0.3) is 0 Å². The van der Waals surface area contributed by atoms with Crippen molar-refractivity contribution in [1.82, 2.24) is 20.2 Å². The second-order valence-electron chi connectivity index (χ2n) is 4.99. The van der Waals surface area contributed by atoms with Crippen LogP contribution in [0, 0.1) is 6.92 Å². The SMILES string of the molecule is Cc1[nH]c(C2CC2)nc1CN1CCNCC1. The van der Waals surface area contributed by atoms with E-state index < -0.39 is 0 Å². The van der Waals surface area contributed by atoms with Gasteiger partial charge >= 0.3 is 0 Å². The monoisotopic (exact) mass is 220 g/mol. The van der Waals surface area contributed by atoms with E-state index in [1.807, 2.05) is 0 Å². The van der Waals surface area contributed by atoms with Crippen LogP contribution >= 0.6 is 0 Å². The van der Waals surface area contributed by atoms with E-state index in [2.05, 4.69) is 22.1 Å². The van der Waals surface area contributed by atoms with Gasteiger partial charge in [0.15, 0.2) is 0 Å². The maximum atomic E-state index is 4.75. The third kappa shape index (κ3) is 2.13. The van der Waals surface area contributed by atoms with Crippen LogP contribution in [0.15, 0.2) is 0 Å². The van der Waals surface area contributed by atoms with E-state index in [-0.39, 0.29) is 0 Å². The molecule has 3 rings (SSSR count). The highest BCUT2D eigenvalue weighted by Gasteiger charge is 2.27. The summed E-state index contributed by atoms with van der Waals surface area (Å²) in [7, 11) is 0. The smallest absolute Gasteiger partial charge is 0.109 e. The molecule has 4 nitrogen and oxygen atoms in total. The fourth-order valence-corrected chi connectivity index (χ4v) is 2.31. The van der Waals surface area contributed by atoms with Gasteiger partial charge in [-0.25, -0.2) is 4.98 Å². The molecule has 1 aliphatic carbocycles. The van der Waals surface area contributed by atoms with Crippen LogP contribution in [0.2, 0.25) is 0 Å². The molecule has 88 valence electrons. The van der Waals surface area contributed by atoms with Crippen LogP contribution in [-0.2, 0) is 6.54 Å². The number of aryl methyl sites for hydroxylation is 1. The number of H-pyrrole nitrogens is 1. The molecule has 0 radical (unpaired) electrons. The Kier molecular flexibility index (Phi) is 2.69. The average molecular weight is 220 g/mol. The van der Waals surface area contributed by atoms with Gasteiger partial charge in [0, 0.05) is 44.3 Å². The average Bonchev–Trinajstić information content (AvgIpc) is 3.07. The summed E-state index contributed by atoms with van der Waals surface area (Å²) in [4.78, 5) is 10.7. The first-order valence-corrected chi connectivity index (χ1v) is 6.31. The molecule has 1 saturated heterocycles. The largest absolute Gasteiger partial charge is 0.346 e. The van der Waals surface area contributed by atoms with Crippen molar-refractivity contribution in [2.75, 3.05) is 26.2 Å². The standard InChI is InChI=1S/C12H20N4/c1-9-11(8-16-6-4-13-5-7-16)15-12(14-9)10-2-3-10/h10,13H,2-8H2,1H3,(H,14,15). The highest BCUT2D eigenvalue weighted by molar-refractivity contribution is 5.17. The lowest BCUT2D eigenvalue weighted by Gasteiger charge is -2.26. The summed E-state index contributed by atoms with van der Waals surface area (Å²) in [5.41, 5.74) is 2.52. The van der Waals surface area contributed by atoms with Crippen LogP contribution in [0.4, 0.5) is 0 Å². The highest BCUT2D eigenvalue weighted by atomic mass is 15.2. The third-order valence-corrected chi connectivity index (χ3v) is 3.55. The quantitative estimate of drug-likeness (QED) is 0.798. The van der Waals surface area contributed by atoms with Crippen molar-refractivity contribution < 1.29 is 0 Å². The number of hydrogen-bond donors (Lipinski definition) is 2. The Morgan fingerprint density at radius 2 is 2.06 bits per heavy atom. The molecule has 0 atom stereocenters. The zero-order chi connectivity index (χ0) is 11.0. The molecule has 1 aliphatic heterocycles. The second-order valence-corrected chi connectivity index (χ2v) is 4.99. The molecule has 2 aliphatic rings. The Bertz CT molecular complexity index is 361. The molecule has 16 heavy (non-hydrogen) atoms. The first kappa shape index (κ1) is 10.3. The minimum absolute atomic E-state index is 0.732. The van der Waals surface area contributed by atoms with Gasteiger partial charge < -0.3 is 10.3 Å². The van der Waals surface area contributed by atoms with Crippen molar-refractivity contribution in [2.24, 2.45) is 0 Å². The molecular formula is C12H20N4. The fourth-order valence-electron chi connectivity index (χ4n) is 2.31. The minimum atomic E-state index is 0.732. The fraction of sp³-hybridized carbons (Fsp3) is 0.750. The van der Waals surface area contributed by atoms with Crippen LogP contribution in [0.5, 0.6) is 0 Å². The molecule has 4 heteroatoms. The van der Waals surface area contributed by atoms with Crippen molar-refractivity contribution in [3.63, 3.8) is 0 Å². The van der Waals surface area contributed by atoms with Crippen molar-refractivity contribution in [3.8, 4) is 0 Å². The Balaban J connectivity index is 1.68. The van der Waals surface area contributed by atoms with E-state index in [4.69, 9.17) is 4.98 Å². The number of hydrogen-bond acceptors (Lipinski definition) is 3. The Morgan fingerprint density at radius 3 is 2.75 bits per heavy atom. The van der Waals surface area contributed by atoms with Crippen molar-refractivity contribution in [1.29, 1.82) is 0 Å². The van der Waals surface area contributed by atoms with E-state index in [0.717, 1.165) is 38.6 Å². The summed E-state index contributed by atoms with van der Waals surface area (Å²) >= 11 is 0. The summed E-state index contributed by atoms with van der Waals surface area (Å²) in [6.07, 6.45) is 2.64. The van der Waals surface area contributed by atoms with Crippen LogP contribution in [-0.4, -0.2) is 41.0 Å². The molecule has 0 amide bonds. The predicted octanol–water partition coefficient (Wildman–Crippen LogP) is 1.00. The van der Waals surface area contributed by atoms with E-state index >= 15 is 0 Å². The molecule has 2 heterocycles. The number of aromatic nitrogens is 2. The second kappa shape index (κ2) is 4.18. The van der Waals surface area contributed by atoms with Gasteiger partial charge in [-0.1, -0.05) is 0 Å². The van der Waals surface area contributed by atoms with Crippen LogP contribution in [0.1, 0.15) is 36.0 Å². The summed E-state index contributed by atoms with van der Waals surface area (Å²) in [6.45, 7) is 7.67. The van der Waals surface area contributed by atoms with Crippen LogP contribution < -0.4 is 5.32 Å². The van der Waals surface area contributed by atoms with E-state index in [9.17, 15) is 0 Å². The predicted molar refractivity (Wildman–Crippen MR) is 63.4 cm³/mol. The number of piperazine rings is 1. The molecular weight excluding hydrogens is 200 g/mol. The van der Waals surface area contributed by atoms with Crippen molar-refractivity contribution in [2.45, 2.75) is 32.2 Å². The van der Waals surface area contributed by atoms with Crippen molar-refractivity contribution >= 4 is 0 Å². The maximum absolute atomic E-state index is 4.75. The molecule has 0 unspecified atom stereocenters. The topological polar surface area (TPSA) is 44.0 Å². The van der Waals surface area contributed by atoms with Gasteiger partial charge in [-0.2, -0.15) is 0 Å². The number of nitrogens with one attached hydrogen (secondary N) is 2. The Labute approximate surface area is 96.4 Å². The zero-order valence-electron chi connectivity index (χ0n) is 9.92. The van der Waals surface area contributed by atoms with Crippen molar-refractivity contribution in [3.05, 3.63) is 17.2 Å². The normalized spacial score (nSPS) is 22.6. The van der Waals surface area contributed by atoms with E-state index in [0.29, 0.717) is 0 Å². The number of imidazole rings is 1. The summed E-state index contributed by atoms with van der Waals surface area (Å²) < 4.78 is 0. The van der Waals surface area contributed by atoms with Gasteiger partial charge in [0.1, 0.15) is 5.82 Å². The molecule has 1 aromatic rings. The summed E-state index contributed by atoms with van der Waals surface area (Å²) in [6, 6.07) is 0. The summed E-state index contributed by atoms with van der Waals surface area (Å²) in [5, 5.41) is 3.38. The van der Waals surface area contributed by atoms with E-state index in [1.54, 1.807) is 0 Å². The van der Waals surface area contributed by atoms with Gasteiger partial charge in [0.25, 0.3) is 0 Å². The van der Waals surface area contributed by atoms with Gasteiger partial charge in [0.05, 0.1) is 5.69 Å². The molecule has 2 fully saturated rings. The first-order chi connectivity index (χ1) is 7.83. The number of rotatable bonds is 3. The van der Waals surface area contributed by atoms with Gasteiger partial charge in [-0.05, 0) is 19.8 Å². The molecule has 1 saturated carbocycles. The maximum Gasteiger partial charge on any atom is 0.109 e. The van der Waals surface area contributed by atoms with Gasteiger partial charge in [-0.15, -0.1) is 0 Å². The van der Waals surface area contributed by atoms with Crippen LogP contribution in [0.3, 0.4) is 0 Å². The first-order valence-electron chi connectivity index (χ1n) is 6.31. The van der Waals surface area contributed by atoms with Gasteiger partial charge in [0.2, 0.25) is 0 Å². The molecule has 2 N–H and O–H groups in total. The Morgan fingerprint density at radius 1 is 1.31 bits per heavy atom. The van der Waals surface area contributed by atoms with E-state index in [1.165, 1.54) is 30.1 Å². The number of aromatic amines is 1. The lowest BCUT2D eigenvalue weighted by Crippen LogP contribution is -2.43. The Hall–Kier alpha value is -0.870. The highest BCUT2D eigenvalue weighted by Crippen LogP contribution is 2.38. The lowest BCUT2D eigenvalue weighted by molar-refractivity contribution is 0.230. The minimum Gasteiger partial charge on any atom is -0.346 e.